The predicted molar refractivity (Wildman–Crippen MR) is 107 cm³/mol. The first-order chi connectivity index (χ1) is 13.6. The summed E-state index contributed by atoms with van der Waals surface area (Å²) < 4.78 is 7.58. The van der Waals surface area contributed by atoms with Gasteiger partial charge in [0.15, 0.2) is 5.82 Å². The van der Waals surface area contributed by atoms with Crippen molar-refractivity contribution in [2.45, 2.75) is 38.8 Å². The van der Waals surface area contributed by atoms with E-state index < -0.39 is 0 Å². The van der Waals surface area contributed by atoms with Crippen LogP contribution in [0.4, 0.5) is 4.79 Å². The molecule has 0 radical (unpaired) electrons. The third kappa shape index (κ3) is 4.79. The second kappa shape index (κ2) is 9.21. The molecule has 0 aliphatic carbocycles. The van der Waals surface area contributed by atoms with Crippen LogP contribution in [0.1, 0.15) is 49.4 Å². The van der Waals surface area contributed by atoms with E-state index in [2.05, 4.69) is 41.5 Å². The van der Waals surface area contributed by atoms with Crippen LogP contribution < -0.4 is 5.32 Å². The van der Waals surface area contributed by atoms with Crippen LogP contribution >= 0.6 is 0 Å². The van der Waals surface area contributed by atoms with Crippen LogP contribution in [0.15, 0.2) is 59.5 Å². The van der Waals surface area contributed by atoms with Gasteiger partial charge in [-0.25, -0.2) is 4.79 Å². The lowest BCUT2D eigenvalue weighted by molar-refractivity contribution is 0.204. The van der Waals surface area contributed by atoms with Crippen LogP contribution in [0.5, 0.6) is 0 Å². The summed E-state index contributed by atoms with van der Waals surface area (Å²) in [5.41, 5.74) is 1.17. The highest BCUT2D eigenvalue weighted by molar-refractivity contribution is 5.73. The molecule has 28 heavy (non-hydrogen) atoms. The Morgan fingerprint density at radius 2 is 2.00 bits per heavy atom. The Labute approximate surface area is 165 Å². The zero-order valence-electron chi connectivity index (χ0n) is 16.6. The summed E-state index contributed by atoms with van der Waals surface area (Å²) in [6.45, 7) is 5.07. The third-order valence-electron chi connectivity index (χ3n) is 4.73. The summed E-state index contributed by atoms with van der Waals surface area (Å²) in [5.74, 6) is 1.77. The second-order valence-corrected chi connectivity index (χ2v) is 7.10. The van der Waals surface area contributed by atoms with Crippen molar-refractivity contribution in [2.75, 3.05) is 13.6 Å². The molecule has 1 N–H and O–H groups in total. The van der Waals surface area contributed by atoms with Gasteiger partial charge in [-0.3, -0.25) is 0 Å². The number of rotatable bonds is 8. The molecule has 1 atom stereocenters. The van der Waals surface area contributed by atoms with Crippen molar-refractivity contribution in [1.82, 2.24) is 25.0 Å². The molecule has 0 bridgehead atoms. The zero-order valence-corrected chi connectivity index (χ0v) is 16.6. The van der Waals surface area contributed by atoms with Crippen molar-refractivity contribution in [3.63, 3.8) is 0 Å². The van der Waals surface area contributed by atoms with Crippen molar-refractivity contribution < 1.29 is 9.21 Å². The number of urea groups is 1. The Morgan fingerprint density at radius 3 is 2.68 bits per heavy atom. The first-order valence-corrected chi connectivity index (χ1v) is 9.52. The lowest BCUT2D eigenvalue weighted by Gasteiger charge is -2.20. The second-order valence-electron chi connectivity index (χ2n) is 7.10. The van der Waals surface area contributed by atoms with Crippen LogP contribution in [0.25, 0.3) is 0 Å². The molecule has 0 spiro atoms. The molecule has 3 rings (SSSR count). The molecule has 3 aromatic rings. The Balaban J connectivity index is 1.56. The maximum atomic E-state index is 12.5. The van der Waals surface area contributed by atoms with Gasteiger partial charge >= 0.3 is 6.03 Å². The molecule has 0 saturated carbocycles. The monoisotopic (exact) mass is 381 g/mol. The Bertz CT molecular complexity index is 858. The fourth-order valence-electron chi connectivity index (χ4n) is 3.20. The highest BCUT2D eigenvalue weighted by atomic mass is 16.3. The largest absolute Gasteiger partial charge is 0.469 e. The minimum atomic E-state index is -0.135. The van der Waals surface area contributed by atoms with Crippen LogP contribution in [0.3, 0.4) is 0 Å². The van der Waals surface area contributed by atoms with Gasteiger partial charge in [0, 0.05) is 25.6 Å². The highest BCUT2D eigenvalue weighted by Gasteiger charge is 2.18. The number of nitrogens with zero attached hydrogens (tertiary/aromatic N) is 4. The van der Waals surface area contributed by atoms with E-state index in [1.165, 1.54) is 5.56 Å². The van der Waals surface area contributed by atoms with Crippen molar-refractivity contribution in [3.8, 4) is 0 Å². The molecular formula is C21H27N5O2. The van der Waals surface area contributed by atoms with Crippen LogP contribution in [-0.4, -0.2) is 39.3 Å². The molecule has 2 aromatic heterocycles. The molecule has 7 heteroatoms. The van der Waals surface area contributed by atoms with Crippen molar-refractivity contribution >= 4 is 6.03 Å². The van der Waals surface area contributed by atoms with Gasteiger partial charge in [0.2, 0.25) is 0 Å². The number of furan rings is 1. The maximum Gasteiger partial charge on any atom is 0.317 e. The number of hydrogen-bond acceptors (Lipinski definition) is 4. The quantitative estimate of drug-likeness (QED) is 0.644. The number of carbonyl (C=O) groups excluding carboxylic acids is 1. The number of carbonyl (C=O) groups is 1. The van der Waals surface area contributed by atoms with Gasteiger partial charge < -0.3 is 19.2 Å². The summed E-state index contributed by atoms with van der Waals surface area (Å²) in [4.78, 5) is 14.1. The number of nitrogens with one attached hydrogen (secondary N) is 1. The predicted octanol–water partition coefficient (Wildman–Crippen LogP) is 3.82. The van der Waals surface area contributed by atoms with E-state index in [1.54, 1.807) is 24.5 Å². The summed E-state index contributed by atoms with van der Waals surface area (Å²) in [5, 5.41) is 11.1. The van der Waals surface area contributed by atoms with Gasteiger partial charge in [0.1, 0.15) is 12.1 Å². The van der Waals surface area contributed by atoms with Crippen LogP contribution in [0, 0.1) is 0 Å². The summed E-state index contributed by atoms with van der Waals surface area (Å²) in [6, 6.07) is 14.2. The summed E-state index contributed by atoms with van der Waals surface area (Å²) >= 11 is 0. The lowest BCUT2D eigenvalue weighted by atomic mass is 9.93. The minimum Gasteiger partial charge on any atom is -0.469 e. The van der Waals surface area contributed by atoms with Crippen LogP contribution in [0.2, 0.25) is 0 Å². The van der Waals surface area contributed by atoms with E-state index in [-0.39, 0.29) is 18.0 Å². The fourth-order valence-corrected chi connectivity index (χ4v) is 3.20. The van der Waals surface area contributed by atoms with E-state index in [4.69, 9.17) is 4.42 Å². The Morgan fingerprint density at radius 1 is 1.21 bits per heavy atom. The molecule has 148 valence electrons. The first-order valence-electron chi connectivity index (χ1n) is 9.52. The Kier molecular flexibility index (Phi) is 6.47. The molecule has 0 fully saturated rings. The third-order valence-corrected chi connectivity index (χ3v) is 4.73. The van der Waals surface area contributed by atoms with Crippen LogP contribution in [-0.2, 0) is 6.54 Å². The van der Waals surface area contributed by atoms with Gasteiger partial charge in [-0.1, -0.05) is 30.3 Å². The van der Waals surface area contributed by atoms with Crippen molar-refractivity contribution in [2.24, 2.45) is 0 Å². The fraction of sp³-hybridized carbons (Fsp3) is 0.381. The number of aromatic nitrogens is 3. The Hall–Kier alpha value is -3.09. The highest BCUT2D eigenvalue weighted by Crippen LogP contribution is 2.27. The van der Waals surface area contributed by atoms with E-state index in [9.17, 15) is 4.79 Å². The summed E-state index contributed by atoms with van der Waals surface area (Å²) in [7, 11) is 1.76. The number of amides is 2. The van der Waals surface area contributed by atoms with Gasteiger partial charge in [0.05, 0.1) is 12.8 Å². The number of hydrogen-bond donors (Lipinski definition) is 1. The average molecular weight is 381 g/mol. The van der Waals surface area contributed by atoms with E-state index in [0.717, 1.165) is 18.0 Å². The SMILES string of the molecule is CC(C)n1cnnc1CN(C)C(=O)NCCC(c1ccccc1)c1ccco1. The van der Waals surface area contributed by atoms with E-state index in [0.29, 0.717) is 13.1 Å². The smallest absolute Gasteiger partial charge is 0.317 e. The molecule has 1 unspecified atom stereocenters. The molecule has 1 aromatic carbocycles. The molecule has 2 heterocycles. The van der Waals surface area contributed by atoms with E-state index in [1.807, 2.05) is 34.9 Å². The van der Waals surface area contributed by atoms with E-state index >= 15 is 0 Å². The van der Waals surface area contributed by atoms with Gasteiger partial charge in [-0.15, -0.1) is 10.2 Å². The standard InChI is InChI=1S/C21H27N5O2/c1-16(2)26-15-23-24-20(26)14-25(3)21(27)22-12-11-18(19-10-7-13-28-19)17-8-5-4-6-9-17/h4-10,13,15-16,18H,11-12,14H2,1-3H3,(H,22,27). The molecular weight excluding hydrogens is 354 g/mol. The average Bonchev–Trinajstić information content (AvgIpc) is 3.37. The van der Waals surface area contributed by atoms with Gasteiger partial charge in [-0.2, -0.15) is 0 Å². The van der Waals surface area contributed by atoms with Crippen molar-refractivity contribution in [1.29, 1.82) is 0 Å². The summed E-state index contributed by atoms with van der Waals surface area (Å²) in [6.07, 6.45) is 4.13. The van der Waals surface area contributed by atoms with Crippen molar-refractivity contribution in [3.05, 3.63) is 72.2 Å². The lowest BCUT2D eigenvalue weighted by Crippen LogP contribution is -2.38. The van der Waals surface area contributed by atoms with Gasteiger partial charge in [-0.05, 0) is 38.0 Å². The minimum absolute atomic E-state index is 0.103. The van der Waals surface area contributed by atoms with Gasteiger partial charge in [0.25, 0.3) is 0 Å². The first kappa shape index (κ1) is 19.7. The molecule has 2 amide bonds. The molecule has 0 aliphatic rings. The normalized spacial score (nSPS) is 12.1. The molecule has 7 nitrogen and oxygen atoms in total. The molecule has 0 aliphatic heterocycles. The molecule has 0 saturated heterocycles. The number of benzene rings is 1. The zero-order chi connectivity index (χ0) is 19.9. The topological polar surface area (TPSA) is 76.2 Å². The maximum absolute atomic E-state index is 12.5.